The van der Waals surface area contributed by atoms with Crippen LogP contribution in [0.25, 0.3) is 10.9 Å². The van der Waals surface area contributed by atoms with Gasteiger partial charge in [-0.2, -0.15) is 5.10 Å². The minimum absolute atomic E-state index is 0.00737. The van der Waals surface area contributed by atoms with Crippen LogP contribution in [0.5, 0.6) is 5.75 Å². The van der Waals surface area contributed by atoms with E-state index in [2.05, 4.69) is 28.5 Å². The van der Waals surface area contributed by atoms with Gasteiger partial charge in [0.25, 0.3) is 5.91 Å². The summed E-state index contributed by atoms with van der Waals surface area (Å²) in [5.41, 5.74) is 2.71. The Labute approximate surface area is 187 Å². The summed E-state index contributed by atoms with van der Waals surface area (Å²) in [6.45, 7) is 5.23. The van der Waals surface area contributed by atoms with Crippen LogP contribution in [0.4, 0.5) is 0 Å². The zero-order valence-electron chi connectivity index (χ0n) is 18.4. The molecule has 3 heterocycles. The molecule has 0 spiro atoms. The fraction of sp³-hybridized carbons (Fsp3) is 0.400. The lowest BCUT2D eigenvalue weighted by Gasteiger charge is -2.33. The molecular weight excluding hydrogens is 404 g/mol. The molecule has 5 rings (SSSR count). The molecular formula is C25H28N4O3. The summed E-state index contributed by atoms with van der Waals surface area (Å²) in [6, 6.07) is 13.4. The van der Waals surface area contributed by atoms with E-state index in [1.54, 1.807) is 11.1 Å². The highest BCUT2D eigenvalue weighted by Gasteiger charge is 2.37. The molecule has 2 N–H and O–H groups in total. The molecule has 0 radical (unpaired) electrons. The highest BCUT2D eigenvalue weighted by molar-refractivity contribution is 5.98. The van der Waals surface area contributed by atoms with Crippen LogP contribution >= 0.6 is 0 Å². The summed E-state index contributed by atoms with van der Waals surface area (Å²) in [7, 11) is 0. The minimum atomic E-state index is -0.216. The molecule has 7 heteroatoms. The number of hydrogen-bond acceptors (Lipinski definition) is 4. The van der Waals surface area contributed by atoms with Crippen molar-refractivity contribution in [3.05, 3.63) is 59.8 Å². The number of nitrogens with zero attached hydrogens (tertiary/aromatic N) is 2. The molecule has 3 aromatic rings. The van der Waals surface area contributed by atoms with Crippen molar-refractivity contribution in [1.82, 2.24) is 20.4 Å². The molecule has 4 atom stereocenters. The van der Waals surface area contributed by atoms with Crippen molar-refractivity contribution in [1.29, 1.82) is 0 Å². The average Bonchev–Trinajstić information content (AvgIpc) is 3.42. The van der Waals surface area contributed by atoms with E-state index < -0.39 is 0 Å². The number of benzene rings is 2. The number of aromatic amines is 1. The van der Waals surface area contributed by atoms with E-state index in [4.69, 9.17) is 4.74 Å². The molecule has 32 heavy (non-hydrogen) atoms. The van der Waals surface area contributed by atoms with Crippen molar-refractivity contribution < 1.29 is 14.3 Å². The van der Waals surface area contributed by atoms with Gasteiger partial charge >= 0.3 is 0 Å². The zero-order chi connectivity index (χ0) is 22.2. The summed E-state index contributed by atoms with van der Waals surface area (Å²) in [6.07, 6.45) is 3.21. The second-order valence-corrected chi connectivity index (χ2v) is 8.97. The number of hydrogen-bond donors (Lipinski definition) is 2. The third kappa shape index (κ3) is 3.72. The number of aromatic nitrogens is 2. The number of carbonyl (C=O) groups is 2. The first-order valence-corrected chi connectivity index (χ1v) is 11.3. The molecule has 0 saturated carbocycles. The molecule has 0 bridgehead atoms. The van der Waals surface area contributed by atoms with Gasteiger partial charge in [0.2, 0.25) is 5.91 Å². The Morgan fingerprint density at radius 2 is 2.09 bits per heavy atom. The van der Waals surface area contributed by atoms with E-state index in [0.29, 0.717) is 18.7 Å². The van der Waals surface area contributed by atoms with Crippen molar-refractivity contribution in [2.45, 2.75) is 44.8 Å². The van der Waals surface area contributed by atoms with Crippen molar-refractivity contribution >= 4 is 22.7 Å². The largest absolute Gasteiger partial charge is 0.487 e. The third-order valence-corrected chi connectivity index (χ3v) is 6.79. The topological polar surface area (TPSA) is 87.3 Å². The first-order valence-electron chi connectivity index (χ1n) is 11.3. The van der Waals surface area contributed by atoms with E-state index >= 15 is 0 Å². The monoisotopic (exact) mass is 432 g/mol. The molecule has 2 amide bonds. The number of amides is 2. The van der Waals surface area contributed by atoms with Gasteiger partial charge in [0.15, 0.2) is 0 Å². The highest BCUT2D eigenvalue weighted by Crippen LogP contribution is 2.38. The Morgan fingerprint density at radius 3 is 2.94 bits per heavy atom. The standard InChI is InChI=1S/C25H28N4O3/c1-15-20-7-3-4-8-22(20)32-23(15)16(2)27-24(30)18-6-5-11-29(14-18)25(31)17-9-10-21-19(12-17)13-26-28-21/h3-4,7-10,12-13,15-16,18,23H,5-6,11,14H2,1-2H3,(H,26,28)(H,27,30). The van der Waals surface area contributed by atoms with E-state index in [1.165, 1.54) is 5.56 Å². The molecule has 0 aliphatic carbocycles. The molecule has 7 nitrogen and oxygen atoms in total. The van der Waals surface area contributed by atoms with Gasteiger partial charge in [-0.1, -0.05) is 25.1 Å². The molecule has 2 aromatic carbocycles. The van der Waals surface area contributed by atoms with Crippen LogP contribution in [0.15, 0.2) is 48.7 Å². The molecule has 1 fully saturated rings. The number of H-pyrrole nitrogens is 1. The first-order chi connectivity index (χ1) is 15.5. The fourth-order valence-corrected chi connectivity index (χ4v) is 4.98. The van der Waals surface area contributed by atoms with Gasteiger partial charge in [-0.25, -0.2) is 0 Å². The third-order valence-electron chi connectivity index (χ3n) is 6.79. The quantitative estimate of drug-likeness (QED) is 0.661. The molecule has 2 aliphatic rings. The summed E-state index contributed by atoms with van der Waals surface area (Å²) in [4.78, 5) is 27.9. The number of rotatable bonds is 4. The van der Waals surface area contributed by atoms with Gasteiger partial charge in [0.05, 0.1) is 23.7 Å². The molecule has 1 aromatic heterocycles. The Morgan fingerprint density at radius 1 is 1.25 bits per heavy atom. The summed E-state index contributed by atoms with van der Waals surface area (Å²) < 4.78 is 6.13. The van der Waals surface area contributed by atoms with Crippen LogP contribution in [-0.4, -0.2) is 52.1 Å². The van der Waals surface area contributed by atoms with Crippen LogP contribution < -0.4 is 10.1 Å². The van der Waals surface area contributed by atoms with Crippen molar-refractivity contribution in [3.63, 3.8) is 0 Å². The van der Waals surface area contributed by atoms with Crippen LogP contribution in [0, 0.1) is 5.92 Å². The minimum Gasteiger partial charge on any atom is -0.487 e. The Bertz CT molecular complexity index is 1160. The lowest BCUT2D eigenvalue weighted by molar-refractivity contribution is -0.127. The highest BCUT2D eigenvalue weighted by atomic mass is 16.5. The van der Waals surface area contributed by atoms with E-state index in [9.17, 15) is 9.59 Å². The second kappa shape index (κ2) is 8.30. The van der Waals surface area contributed by atoms with E-state index in [0.717, 1.165) is 29.5 Å². The Kier molecular flexibility index (Phi) is 5.33. The number of ether oxygens (including phenoxy) is 1. The Hall–Kier alpha value is -3.35. The van der Waals surface area contributed by atoms with Gasteiger partial charge in [-0.15, -0.1) is 0 Å². The van der Waals surface area contributed by atoms with Crippen LogP contribution in [0.3, 0.4) is 0 Å². The Balaban J connectivity index is 1.22. The zero-order valence-corrected chi connectivity index (χ0v) is 18.4. The van der Waals surface area contributed by atoms with Crippen molar-refractivity contribution in [2.75, 3.05) is 13.1 Å². The molecule has 166 valence electrons. The second-order valence-electron chi connectivity index (χ2n) is 8.97. The number of para-hydroxylation sites is 1. The molecule has 4 unspecified atom stereocenters. The maximum atomic E-state index is 13.1. The van der Waals surface area contributed by atoms with Crippen molar-refractivity contribution in [2.24, 2.45) is 5.92 Å². The predicted molar refractivity (Wildman–Crippen MR) is 122 cm³/mol. The summed E-state index contributed by atoms with van der Waals surface area (Å²) >= 11 is 0. The average molecular weight is 433 g/mol. The maximum Gasteiger partial charge on any atom is 0.253 e. The number of nitrogens with one attached hydrogen (secondary N) is 2. The van der Waals surface area contributed by atoms with Crippen LogP contribution in [0.2, 0.25) is 0 Å². The lowest BCUT2D eigenvalue weighted by atomic mass is 9.92. The van der Waals surface area contributed by atoms with Gasteiger partial charge in [0.1, 0.15) is 11.9 Å². The van der Waals surface area contributed by atoms with E-state index in [1.807, 2.05) is 43.3 Å². The van der Waals surface area contributed by atoms with Crippen LogP contribution in [-0.2, 0) is 4.79 Å². The fourth-order valence-electron chi connectivity index (χ4n) is 4.98. The summed E-state index contributed by atoms with van der Waals surface area (Å²) in [5.74, 6) is 0.847. The van der Waals surface area contributed by atoms with E-state index in [-0.39, 0.29) is 35.8 Å². The van der Waals surface area contributed by atoms with Gasteiger partial charge in [-0.3, -0.25) is 14.7 Å². The van der Waals surface area contributed by atoms with Crippen LogP contribution in [0.1, 0.15) is 48.5 Å². The van der Waals surface area contributed by atoms with Gasteiger partial charge in [-0.05, 0) is 44.0 Å². The number of likely N-dealkylation sites (tertiary alicyclic amines) is 1. The van der Waals surface area contributed by atoms with Crippen molar-refractivity contribution in [3.8, 4) is 5.75 Å². The number of piperidine rings is 1. The number of fused-ring (bicyclic) bond motifs is 2. The molecule has 2 aliphatic heterocycles. The SMILES string of the molecule is CC(NC(=O)C1CCCN(C(=O)c2ccc3[nH]ncc3c2)C1)C1Oc2ccccc2C1C. The van der Waals surface area contributed by atoms with Gasteiger partial charge in [0, 0.05) is 35.5 Å². The lowest BCUT2D eigenvalue weighted by Crippen LogP contribution is -2.50. The summed E-state index contributed by atoms with van der Waals surface area (Å²) in [5, 5.41) is 11.0. The smallest absolute Gasteiger partial charge is 0.253 e. The molecule has 1 saturated heterocycles. The van der Waals surface area contributed by atoms with Gasteiger partial charge < -0.3 is 15.0 Å². The normalized spacial score (nSPS) is 23.4. The maximum absolute atomic E-state index is 13.1. The predicted octanol–water partition coefficient (Wildman–Crippen LogP) is 3.48. The number of carbonyl (C=O) groups excluding carboxylic acids is 2. The first kappa shape index (κ1) is 20.5.